The summed E-state index contributed by atoms with van der Waals surface area (Å²) in [5, 5.41) is 13.3. The van der Waals surface area contributed by atoms with E-state index >= 15 is 0 Å². The zero-order valence-corrected chi connectivity index (χ0v) is 22.8. The van der Waals surface area contributed by atoms with E-state index in [0.717, 1.165) is 44.9 Å². The highest BCUT2D eigenvalue weighted by Gasteiger charge is 2.67. The number of rotatable bonds is 2. The molecule has 6 aliphatic rings. The van der Waals surface area contributed by atoms with E-state index in [9.17, 15) is 10.0 Å². The molecular weight excluding hydrogens is 456 g/mol. The van der Waals surface area contributed by atoms with Gasteiger partial charge in [-0.2, -0.15) is 5.06 Å². The first-order valence-electron chi connectivity index (χ1n) is 15.2. The third-order valence-electron chi connectivity index (χ3n) is 11.9. The molecule has 0 bridgehead atoms. The Hall–Kier alpha value is -1.91. The maximum Gasteiger partial charge on any atom is 0.156 e. The van der Waals surface area contributed by atoms with E-state index in [1.54, 1.807) is 5.57 Å². The Morgan fingerprint density at radius 2 is 1.70 bits per heavy atom. The highest BCUT2D eigenvalue weighted by atomic mass is 16.5. The van der Waals surface area contributed by atoms with Gasteiger partial charge >= 0.3 is 0 Å². The van der Waals surface area contributed by atoms with Crippen LogP contribution in [-0.4, -0.2) is 40.7 Å². The average molecular weight is 501 g/mol. The molecule has 1 N–H and O–H groups in total. The van der Waals surface area contributed by atoms with Gasteiger partial charge in [-0.3, -0.25) is 4.79 Å². The molecule has 4 heteroatoms. The number of anilines is 1. The van der Waals surface area contributed by atoms with Crippen molar-refractivity contribution >= 4 is 11.5 Å². The summed E-state index contributed by atoms with van der Waals surface area (Å²) in [7, 11) is 0. The smallest absolute Gasteiger partial charge is 0.156 e. The molecule has 0 aromatic heterocycles. The van der Waals surface area contributed by atoms with Gasteiger partial charge in [0, 0.05) is 37.2 Å². The minimum Gasteiger partial charge on any atom is -0.372 e. The highest BCUT2D eigenvalue weighted by molar-refractivity contribution is 5.93. The van der Waals surface area contributed by atoms with Crippen LogP contribution in [0.15, 0.2) is 47.1 Å². The predicted octanol–water partition coefficient (Wildman–Crippen LogP) is 7.19. The number of carbonyl (C=O) groups is 1. The Balaban J connectivity index is 1.32. The van der Waals surface area contributed by atoms with Gasteiger partial charge in [-0.1, -0.05) is 24.6 Å². The van der Waals surface area contributed by atoms with Gasteiger partial charge in [0.15, 0.2) is 5.78 Å². The fourth-order valence-corrected chi connectivity index (χ4v) is 10.0. The van der Waals surface area contributed by atoms with Crippen LogP contribution in [0.3, 0.4) is 0 Å². The Bertz CT molecular complexity index is 1150. The SMILES string of the molecule is CC1CCC2(CC[C@H]3[C@@H]4CCC5=CC(=O)CCC5=C4C(c4ccc(N5CCCCC5)cc4)C[C@@]32C)N1O. The van der Waals surface area contributed by atoms with Gasteiger partial charge < -0.3 is 10.1 Å². The third-order valence-corrected chi connectivity index (χ3v) is 11.9. The second kappa shape index (κ2) is 8.81. The summed E-state index contributed by atoms with van der Waals surface area (Å²) in [5.74, 6) is 1.90. The third kappa shape index (κ3) is 3.50. The van der Waals surface area contributed by atoms with E-state index in [1.807, 2.05) is 11.1 Å². The van der Waals surface area contributed by atoms with E-state index < -0.39 is 0 Å². The van der Waals surface area contributed by atoms with Crippen LogP contribution in [0, 0.1) is 17.3 Å². The number of hydroxylamine groups is 2. The topological polar surface area (TPSA) is 43.8 Å². The van der Waals surface area contributed by atoms with Crippen molar-refractivity contribution < 1.29 is 10.0 Å². The molecule has 0 radical (unpaired) electrons. The second-order valence-corrected chi connectivity index (χ2v) is 13.4. The van der Waals surface area contributed by atoms with E-state index in [0.29, 0.717) is 30.0 Å². The summed E-state index contributed by atoms with van der Waals surface area (Å²) < 4.78 is 0. The molecule has 2 saturated heterocycles. The molecule has 4 fully saturated rings. The van der Waals surface area contributed by atoms with Crippen LogP contribution in [0.2, 0.25) is 0 Å². The van der Waals surface area contributed by atoms with Crippen molar-refractivity contribution in [1.29, 1.82) is 0 Å². The largest absolute Gasteiger partial charge is 0.372 e. The summed E-state index contributed by atoms with van der Waals surface area (Å²) in [5.41, 5.74) is 7.38. The lowest BCUT2D eigenvalue weighted by Crippen LogP contribution is -2.57. The number of fused-ring (bicyclic) bond motifs is 5. The van der Waals surface area contributed by atoms with Crippen LogP contribution in [0.5, 0.6) is 0 Å². The Labute approximate surface area is 222 Å². The van der Waals surface area contributed by atoms with E-state index in [-0.39, 0.29) is 17.0 Å². The number of allylic oxidation sites excluding steroid dienone is 4. The fraction of sp³-hybridized carbons (Fsp3) is 0.667. The van der Waals surface area contributed by atoms with Crippen molar-refractivity contribution in [3.8, 4) is 0 Å². The number of nitrogens with zero attached hydrogens (tertiary/aromatic N) is 2. The highest BCUT2D eigenvalue weighted by Crippen LogP contribution is 2.70. The van der Waals surface area contributed by atoms with Crippen LogP contribution < -0.4 is 4.90 Å². The molecule has 1 spiro atoms. The van der Waals surface area contributed by atoms with Gasteiger partial charge in [0.1, 0.15) is 0 Å². The van der Waals surface area contributed by atoms with Gasteiger partial charge in [-0.05, 0) is 130 Å². The number of carbonyl (C=O) groups excluding carboxylic acids is 1. The van der Waals surface area contributed by atoms with Gasteiger partial charge in [0.05, 0.1) is 5.54 Å². The molecule has 0 amide bonds. The molecule has 1 aromatic carbocycles. The van der Waals surface area contributed by atoms with E-state index in [2.05, 4.69) is 43.0 Å². The number of piperidine rings is 1. The number of hydrogen-bond acceptors (Lipinski definition) is 4. The second-order valence-electron chi connectivity index (χ2n) is 13.4. The van der Waals surface area contributed by atoms with Crippen LogP contribution in [0.25, 0.3) is 0 Å². The summed E-state index contributed by atoms with van der Waals surface area (Å²) in [6, 6.07) is 9.84. The van der Waals surface area contributed by atoms with Crippen molar-refractivity contribution in [2.75, 3.05) is 18.0 Å². The number of benzene rings is 1. The zero-order chi connectivity index (χ0) is 25.4. The lowest BCUT2D eigenvalue weighted by Gasteiger charge is -2.57. The van der Waals surface area contributed by atoms with Gasteiger partial charge in [-0.25, -0.2) is 0 Å². The standard InChI is InChI=1S/C33H44N2O2/c1-22-14-16-33(35(22)37)17-15-30-28-12-8-24-20-26(36)11-13-27(24)31(28)29(21-32(30,33)2)23-6-9-25(10-7-23)34-18-4-3-5-19-34/h6-7,9-10,20,22,28-30,37H,3-5,8,11-19,21H2,1-2H3/t22?,28-,29?,30-,32-,33?/m0/s1. The lowest BCUT2D eigenvalue weighted by atomic mass is 9.50. The van der Waals surface area contributed by atoms with Gasteiger partial charge in [-0.15, -0.1) is 0 Å². The molecule has 6 atom stereocenters. The first kappa shape index (κ1) is 24.2. The fourth-order valence-electron chi connectivity index (χ4n) is 10.0. The number of hydrogen-bond donors (Lipinski definition) is 1. The minimum absolute atomic E-state index is 0.0854. The Morgan fingerprint density at radius 1 is 0.946 bits per heavy atom. The predicted molar refractivity (Wildman–Crippen MR) is 148 cm³/mol. The van der Waals surface area contributed by atoms with Crippen LogP contribution in [0.4, 0.5) is 5.69 Å². The molecule has 3 unspecified atom stereocenters. The molecule has 2 saturated carbocycles. The summed E-state index contributed by atoms with van der Waals surface area (Å²) in [6.07, 6.45) is 15.4. The lowest BCUT2D eigenvalue weighted by molar-refractivity contribution is -0.211. The molecule has 37 heavy (non-hydrogen) atoms. The van der Waals surface area contributed by atoms with Crippen LogP contribution >= 0.6 is 0 Å². The van der Waals surface area contributed by atoms with Crippen LogP contribution in [-0.2, 0) is 4.79 Å². The average Bonchev–Trinajstić information content (AvgIpc) is 3.39. The molecule has 7 rings (SSSR count). The van der Waals surface area contributed by atoms with Gasteiger partial charge in [0.2, 0.25) is 0 Å². The summed E-state index contributed by atoms with van der Waals surface area (Å²) >= 11 is 0. The molecule has 4 nitrogen and oxygen atoms in total. The Morgan fingerprint density at radius 3 is 2.43 bits per heavy atom. The Kier molecular flexibility index (Phi) is 5.75. The van der Waals surface area contributed by atoms with Crippen molar-refractivity contribution in [2.24, 2.45) is 17.3 Å². The zero-order valence-electron chi connectivity index (χ0n) is 22.8. The molecule has 2 heterocycles. The minimum atomic E-state index is -0.0854. The first-order valence-corrected chi connectivity index (χ1v) is 15.2. The van der Waals surface area contributed by atoms with Crippen molar-refractivity contribution in [1.82, 2.24) is 5.06 Å². The molecule has 4 aliphatic carbocycles. The summed E-state index contributed by atoms with van der Waals surface area (Å²) in [6.45, 7) is 7.09. The maximum atomic E-state index is 12.4. The van der Waals surface area contributed by atoms with Gasteiger partial charge in [0.25, 0.3) is 0 Å². The normalized spacial score (nSPS) is 40.0. The summed E-state index contributed by atoms with van der Waals surface area (Å²) in [4.78, 5) is 14.9. The van der Waals surface area contributed by atoms with Crippen molar-refractivity contribution in [2.45, 2.75) is 108 Å². The maximum absolute atomic E-state index is 12.4. The van der Waals surface area contributed by atoms with Crippen molar-refractivity contribution in [3.63, 3.8) is 0 Å². The first-order chi connectivity index (χ1) is 17.9. The number of ketones is 1. The van der Waals surface area contributed by atoms with Crippen LogP contribution in [0.1, 0.15) is 102 Å². The van der Waals surface area contributed by atoms with Crippen molar-refractivity contribution in [3.05, 3.63) is 52.6 Å². The molecular formula is C33H44N2O2. The van der Waals surface area contributed by atoms with E-state index in [4.69, 9.17) is 0 Å². The molecule has 2 aliphatic heterocycles. The monoisotopic (exact) mass is 500 g/mol. The quantitative estimate of drug-likeness (QED) is 0.467. The molecule has 198 valence electrons. The molecule has 1 aromatic rings. The van der Waals surface area contributed by atoms with E-state index in [1.165, 1.54) is 61.2 Å².